The van der Waals surface area contributed by atoms with E-state index in [1.807, 2.05) is 0 Å². The van der Waals surface area contributed by atoms with Gasteiger partial charge in [0, 0.05) is 33.3 Å². The molecule has 2 saturated heterocycles. The number of hydrogen-bond acceptors (Lipinski definition) is 11. The van der Waals surface area contributed by atoms with Gasteiger partial charge in [-0.05, 0) is 30.9 Å². The minimum Gasteiger partial charge on any atom is -0.463 e. The van der Waals surface area contributed by atoms with Gasteiger partial charge in [0.1, 0.15) is 18.1 Å². The first kappa shape index (κ1) is 30.7. The van der Waals surface area contributed by atoms with Gasteiger partial charge < -0.3 is 14.4 Å². The molecule has 15 nitrogen and oxygen atoms in total. The second-order valence-corrected chi connectivity index (χ2v) is 13.0. The molecule has 0 bridgehead atoms. The molecule has 1 aromatic heterocycles. The lowest BCUT2D eigenvalue weighted by atomic mass is 9.57. The number of aliphatic hydroxyl groups excluding tert-OH is 1. The number of benzene rings is 1. The van der Waals surface area contributed by atoms with Crippen LogP contribution in [-0.4, -0.2) is 74.4 Å². The van der Waals surface area contributed by atoms with E-state index >= 15 is 0 Å². The molecule has 2 aliphatic carbocycles. The number of aliphatic hydroxyl groups is 1. The number of carbonyl (C=O) groups excluding carboxylic acids is 4. The van der Waals surface area contributed by atoms with Crippen molar-refractivity contribution < 1.29 is 38.5 Å². The van der Waals surface area contributed by atoms with Crippen molar-refractivity contribution in [1.29, 1.82) is 0 Å². The van der Waals surface area contributed by atoms with Gasteiger partial charge in [0.05, 0.1) is 33.3 Å². The van der Waals surface area contributed by atoms with E-state index in [1.54, 1.807) is 6.08 Å². The van der Waals surface area contributed by atoms with E-state index in [0.717, 1.165) is 17.0 Å². The first-order valence-corrected chi connectivity index (χ1v) is 14.5. The van der Waals surface area contributed by atoms with Crippen molar-refractivity contribution in [2.45, 2.75) is 35.1 Å². The maximum Gasteiger partial charge on any atom is 0.301 e. The maximum absolute atomic E-state index is 14.2. The predicted octanol–water partition coefficient (Wildman–Crippen LogP) is 2.85. The zero-order valence-electron chi connectivity index (χ0n) is 23.9. The Morgan fingerprint density at radius 2 is 1.64 bits per heavy atom. The van der Waals surface area contributed by atoms with Gasteiger partial charge in [0.25, 0.3) is 11.8 Å². The average molecular weight is 662 g/mol. The Kier molecular flexibility index (Phi) is 6.88. The van der Waals surface area contributed by atoms with Crippen LogP contribution in [0, 0.1) is 38.0 Å². The summed E-state index contributed by atoms with van der Waals surface area (Å²) in [6, 6.07) is 4.83. The van der Waals surface area contributed by atoms with Crippen molar-refractivity contribution >= 4 is 69.6 Å². The molecule has 0 radical (unpaired) electrons. The monoisotopic (exact) mass is 661 g/mol. The van der Waals surface area contributed by atoms with Crippen molar-refractivity contribution in [2.75, 3.05) is 30.9 Å². The largest absolute Gasteiger partial charge is 0.463 e. The molecule has 4 amide bonds. The number of carbonyl (C=O) groups is 4. The molecule has 17 heteroatoms. The Morgan fingerprint density at radius 1 is 1.02 bits per heavy atom. The van der Waals surface area contributed by atoms with Crippen molar-refractivity contribution in [1.82, 2.24) is 4.90 Å². The van der Waals surface area contributed by atoms with Crippen LogP contribution in [0.15, 0.2) is 40.3 Å². The first-order chi connectivity index (χ1) is 21.1. The number of rotatable bonds is 6. The number of furan rings is 1. The van der Waals surface area contributed by atoms with Crippen molar-refractivity contribution in [2.24, 2.45) is 17.8 Å². The molecule has 1 aromatic carbocycles. The number of allylic oxidation sites excluding steroid dienone is 2. The van der Waals surface area contributed by atoms with Crippen LogP contribution < -0.4 is 9.80 Å². The van der Waals surface area contributed by atoms with E-state index in [4.69, 9.17) is 27.6 Å². The summed E-state index contributed by atoms with van der Waals surface area (Å²) in [5.74, 6) is -7.11. The van der Waals surface area contributed by atoms with Gasteiger partial charge >= 0.3 is 11.4 Å². The van der Waals surface area contributed by atoms with Crippen molar-refractivity contribution in [3.8, 4) is 0 Å². The smallest absolute Gasteiger partial charge is 0.301 e. The van der Waals surface area contributed by atoms with E-state index < -0.39 is 84.9 Å². The highest BCUT2D eigenvalue weighted by atomic mass is 35.5. The SMILES string of the molecule is CN1C(=O)[C@]2(Cl)C[C@@H]3C(=CC[C@@H]4C(=O)N(c5cc([N+](=O)[O-])c(N(C)C)c([N+](=O)[O-])c5)C(=O)[C@@H]43)[C@H](c3ccc(CO)o3)[C@]2(Cl)C1=O. The Balaban J connectivity index is 1.50. The second-order valence-electron chi connectivity index (χ2n) is 11.7. The highest BCUT2D eigenvalue weighted by Crippen LogP contribution is 2.65. The molecule has 2 aliphatic heterocycles. The number of likely N-dealkylation sites (tertiary alicyclic amines) is 1. The fourth-order valence-electron chi connectivity index (χ4n) is 7.40. The van der Waals surface area contributed by atoms with Crippen molar-refractivity contribution in [3.63, 3.8) is 0 Å². The minimum absolute atomic E-state index is 0.0121. The van der Waals surface area contributed by atoms with Crippen LogP contribution in [0.3, 0.4) is 0 Å². The number of amides is 4. The molecule has 0 spiro atoms. The molecule has 45 heavy (non-hydrogen) atoms. The van der Waals surface area contributed by atoms with Gasteiger partial charge in [-0.1, -0.05) is 11.6 Å². The summed E-state index contributed by atoms with van der Waals surface area (Å²) in [5, 5.41) is 33.6. The number of anilines is 2. The second kappa shape index (κ2) is 10.1. The summed E-state index contributed by atoms with van der Waals surface area (Å²) in [6.07, 6.45) is 1.33. The minimum atomic E-state index is -2.07. The van der Waals surface area contributed by atoms with Gasteiger partial charge in [-0.15, -0.1) is 23.2 Å². The van der Waals surface area contributed by atoms with E-state index in [-0.39, 0.29) is 35.7 Å². The van der Waals surface area contributed by atoms with Gasteiger partial charge in [-0.3, -0.25) is 44.3 Å². The molecule has 4 aliphatic rings. The predicted molar refractivity (Wildman–Crippen MR) is 157 cm³/mol. The van der Waals surface area contributed by atoms with Gasteiger partial charge in [0.2, 0.25) is 11.8 Å². The number of halogens is 2. The van der Waals surface area contributed by atoms with Crippen LogP contribution in [0.4, 0.5) is 22.7 Å². The summed E-state index contributed by atoms with van der Waals surface area (Å²) in [7, 11) is 4.01. The van der Waals surface area contributed by atoms with E-state index in [2.05, 4.69) is 0 Å². The topological polar surface area (TPSA) is 198 Å². The molecule has 6 rings (SSSR count). The van der Waals surface area contributed by atoms with Crippen LogP contribution in [0.5, 0.6) is 0 Å². The number of fused-ring (bicyclic) bond motifs is 4. The number of alkyl halides is 2. The Labute approximate surface area is 264 Å². The highest BCUT2D eigenvalue weighted by molar-refractivity contribution is 6.53. The van der Waals surface area contributed by atoms with Crippen LogP contribution in [0.25, 0.3) is 0 Å². The first-order valence-electron chi connectivity index (χ1n) is 13.7. The molecule has 0 unspecified atom stereocenters. The fourth-order valence-corrected chi connectivity index (χ4v) is 8.40. The van der Waals surface area contributed by atoms with E-state index in [0.29, 0.717) is 10.5 Å². The molecular weight excluding hydrogens is 637 g/mol. The standard InChI is InChI=1S/C28H25Cl2N5O10/c1-31(2)22-17(34(41)42)8-12(9-18(22)35(43)44)33-23(37)15-6-5-14-16(20(15)24(33)38)10-27(29)25(39)32(3)26(40)28(27,30)21(14)19-7-4-13(11-36)45-19/h4-5,7-9,15-16,20-21,36H,6,10-11H2,1-3H3/t15-,16+,20-,21+,27+,28-/m0/s1. The van der Waals surface area contributed by atoms with Crippen LogP contribution in [0.1, 0.15) is 30.3 Å². The third kappa shape index (κ3) is 3.93. The lowest BCUT2D eigenvalue weighted by molar-refractivity contribution is -0.392. The summed E-state index contributed by atoms with van der Waals surface area (Å²) in [4.78, 5) is 75.9. The number of nitrogens with zero attached hydrogens (tertiary/aromatic N) is 5. The summed E-state index contributed by atoms with van der Waals surface area (Å²) in [5.41, 5.74) is -1.60. The molecule has 1 N–H and O–H groups in total. The molecular formula is C28H25Cl2N5O10. The Hall–Kier alpha value is -4.34. The molecule has 3 fully saturated rings. The van der Waals surface area contributed by atoms with Crippen molar-refractivity contribution in [3.05, 3.63) is 67.7 Å². The quantitative estimate of drug-likeness (QED) is 0.157. The van der Waals surface area contributed by atoms with E-state index in [1.165, 1.54) is 38.2 Å². The number of hydrogen-bond donors (Lipinski definition) is 1. The van der Waals surface area contributed by atoms with Crippen LogP contribution in [-0.2, 0) is 25.8 Å². The third-order valence-corrected chi connectivity index (χ3v) is 10.7. The molecule has 2 aromatic rings. The summed E-state index contributed by atoms with van der Waals surface area (Å²) >= 11 is 14.1. The molecule has 3 heterocycles. The molecule has 236 valence electrons. The van der Waals surface area contributed by atoms with Gasteiger partial charge in [-0.25, -0.2) is 4.90 Å². The number of imide groups is 2. The number of nitro benzene ring substituents is 2. The third-order valence-electron chi connectivity index (χ3n) is 9.29. The Bertz CT molecular complexity index is 1740. The van der Waals surface area contributed by atoms with Gasteiger partial charge in [-0.2, -0.15) is 0 Å². The zero-order valence-corrected chi connectivity index (χ0v) is 25.4. The fraction of sp³-hybridized carbons (Fsp3) is 0.429. The van der Waals surface area contributed by atoms with E-state index in [9.17, 15) is 44.5 Å². The maximum atomic E-state index is 14.2. The number of nitro groups is 2. The molecule has 6 atom stereocenters. The zero-order chi connectivity index (χ0) is 32.9. The summed E-state index contributed by atoms with van der Waals surface area (Å²) in [6.45, 7) is -0.471. The van der Waals surface area contributed by atoms with Crippen LogP contribution >= 0.6 is 23.2 Å². The van der Waals surface area contributed by atoms with Gasteiger partial charge in [0.15, 0.2) is 15.4 Å². The molecule has 1 saturated carbocycles. The normalized spacial score (nSPS) is 30.7. The summed E-state index contributed by atoms with van der Waals surface area (Å²) < 4.78 is 5.80. The average Bonchev–Trinajstić information content (AvgIpc) is 3.60. The Morgan fingerprint density at radius 3 is 2.18 bits per heavy atom. The van der Waals surface area contributed by atoms with Crippen LogP contribution in [0.2, 0.25) is 0 Å². The lowest BCUT2D eigenvalue weighted by Gasteiger charge is -2.49. The lowest BCUT2D eigenvalue weighted by Crippen LogP contribution is -2.60. The highest BCUT2D eigenvalue weighted by Gasteiger charge is 2.76.